The standard InChI is InChI=1S/C13H21NO2/c1-10(2)16-13-6-4-11(5-7-13)12(9-15)8-14-3/h4-7,10,12,14-15H,8-9H2,1-3H3. The molecule has 0 heterocycles. The van der Waals surface area contributed by atoms with E-state index in [9.17, 15) is 5.11 Å². The highest BCUT2D eigenvalue weighted by atomic mass is 16.5. The van der Waals surface area contributed by atoms with E-state index in [1.54, 1.807) is 0 Å². The fourth-order valence-electron chi connectivity index (χ4n) is 1.62. The molecule has 2 N–H and O–H groups in total. The van der Waals surface area contributed by atoms with Crippen molar-refractivity contribution < 1.29 is 9.84 Å². The fraction of sp³-hybridized carbons (Fsp3) is 0.538. The van der Waals surface area contributed by atoms with E-state index in [1.807, 2.05) is 45.2 Å². The summed E-state index contributed by atoms with van der Waals surface area (Å²) in [6, 6.07) is 7.92. The van der Waals surface area contributed by atoms with Crippen LogP contribution in [-0.4, -0.2) is 31.4 Å². The van der Waals surface area contributed by atoms with Gasteiger partial charge >= 0.3 is 0 Å². The summed E-state index contributed by atoms with van der Waals surface area (Å²) in [4.78, 5) is 0. The normalized spacial score (nSPS) is 12.8. The molecule has 16 heavy (non-hydrogen) atoms. The molecular weight excluding hydrogens is 202 g/mol. The van der Waals surface area contributed by atoms with Gasteiger partial charge in [-0.2, -0.15) is 0 Å². The number of benzene rings is 1. The molecule has 0 spiro atoms. The lowest BCUT2D eigenvalue weighted by Gasteiger charge is -2.15. The number of aliphatic hydroxyl groups excluding tert-OH is 1. The van der Waals surface area contributed by atoms with E-state index in [4.69, 9.17) is 4.74 Å². The van der Waals surface area contributed by atoms with Crippen molar-refractivity contribution in [2.75, 3.05) is 20.2 Å². The molecule has 0 amide bonds. The molecule has 1 atom stereocenters. The molecule has 0 aliphatic carbocycles. The van der Waals surface area contributed by atoms with Crippen LogP contribution < -0.4 is 10.1 Å². The molecule has 0 saturated carbocycles. The third kappa shape index (κ3) is 3.83. The van der Waals surface area contributed by atoms with Gasteiger partial charge in [0.05, 0.1) is 12.7 Å². The van der Waals surface area contributed by atoms with Gasteiger partial charge in [0.1, 0.15) is 5.75 Å². The number of hydrogen-bond donors (Lipinski definition) is 2. The maximum Gasteiger partial charge on any atom is 0.119 e. The Hall–Kier alpha value is -1.06. The minimum absolute atomic E-state index is 0.151. The zero-order valence-corrected chi connectivity index (χ0v) is 10.2. The lowest BCUT2D eigenvalue weighted by atomic mass is 10.00. The quantitative estimate of drug-likeness (QED) is 0.772. The highest BCUT2D eigenvalue weighted by molar-refractivity contribution is 5.29. The molecule has 0 aliphatic heterocycles. The van der Waals surface area contributed by atoms with E-state index in [0.29, 0.717) is 0 Å². The molecule has 0 bridgehead atoms. The zero-order valence-electron chi connectivity index (χ0n) is 10.2. The van der Waals surface area contributed by atoms with Gasteiger partial charge in [-0.15, -0.1) is 0 Å². The maximum absolute atomic E-state index is 9.25. The second-order valence-electron chi connectivity index (χ2n) is 4.17. The van der Waals surface area contributed by atoms with Gasteiger partial charge in [-0.3, -0.25) is 0 Å². The highest BCUT2D eigenvalue weighted by Crippen LogP contribution is 2.19. The Kier molecular flexibility index (Phi) is 5.29. The number of nitrogens with one attached hydrogen (secondary N) is 1. The van der Waals surface area contributed by atoms with Crippen LogP contribution in [0.3, 0.4) is 0 Å². The van der Waals surface area contributed by atoms with Crippen molar-refractivity contribution in [3.05, 3.63) is 29.8 Å². The molecule has 1 aromatic carbocycles. The van der Waals surface area contributed by atoms with Crippen molar-refractivity contribution >= 4 is 0 Å². The summed E-state index contributed by atoms with van der Waals surface area (Å²) in [5.41, 5.74) is 1.13. The van der Waals surface area contributed by atoms with E-state index in [1.165, 1.54) is 0 Å². The first-order chi connectivity index (χ1) is 7.67. The largest absolute Gasteiger partial charge is 0.491 e. The van der Waals surface area contributed by atoms with Crippen LogP contribution in [-0.2, 0) is 0 Å². The summed E-state index contributed by atoms with van der Waals surface area (Å²) >= 11 is 0. The van der Waals surface area contributed by atoms with E-state index < -0.39 is 0 Å². The lowest BCUT2D eigenvalue weighted by molar-refractivity contribution is 0.242. The van der Waals surface area contributed by atoms with Crippen LogP contribution in [0, 0.1) is 0 Å². The minimum atomic E-state index is 0.151. The molecule has 90 valence electrons. The van der Waals surface area contributed by atoms with E-state index >= 15 is 0 Å². The molecule has 0 saturated heterocycles. The fourth-order valence-corrected chi connectivity index (χ4v) is 1.62. The summed E-state index contributed by atoms with van der Waals surface area (Å²) in [5, 5.41) is 12.3. The van der Waals surface area contributed by atoms with Crippen molar-refractivity contribution in [2.24, 2.45) is 0 Å². The van der Waals surface area contributed by atoms with Gasteiger partial charge in [0, 0.05) is 12.5 Å². The van der Waals surface area contributed by atoms with Crippen LogP contribution in [0.4, 0.5) is 0 Å². The number of likely N-dealkylation sites (N-methyl/N-ethyl adjacent to an activating group) is 1. The van der Waals surface area contributed by atoms with Crippen molar-refractivity contribution in [1.82, 2.24) is 5.32 Å². The van der Waals surface area contributed by atoms with Crippen LogP contribution in [0.2, 0.25) is 0 Å². The molecule has 0 fully saturated rings. The maximum atomic E-state index is 9.25. The molecule has 0 radical (unpaired) electrons. The summed E-state index contributed by atoms with van der Waals surface area (Å²) in [7, 11) is 1.89. The molecule has 0 aromatic heterocycles. The summed E-state index contributed by atoms with van der Waals surface area (Å²) < 4.78 is 5.56. The summed E-state index contributed by atoms with van der Waals surface area (Å²) in [5.74, 6) is 1.03. The summed E-state index contributed by atoms with van der Waals surface area (Å²) in [6.45, 7) is 4.95. The monoisotopic (exact) mass is 223 g/mol. The van der Waals surface area contributed by atoms with Gasteiger partial charge in [-0.25, -0.2) is 0 Å². The SMILES string of the molecule is CNCC(CO)c1ccc(OC(C)C)cc1. The number of aliphatic hydroxyl groups is 1. The first kappa shape index (κ1) is 13.0. The predicted molar refractivity (Wildman–Crippen MR) is 66.0 cm³/mol. The Balaban J connectivity index is 2.69. The van der Waals surface area contributed by atoms with Crippen molar-refractivity contribution in [2.45, 2.75) is 25.9 Å². The van der Waals surface area contributed by atoms with Gasteiger partial charge in [0.25, 0.3) is 0 Å². The lowest BCUT2D eigenvalue weighted by Crippen LogP contribution is -2.20. The van der Waals surface area contributed by atoms with Crippen LogP contribution in [0.25, 0.3) is 0 Å². The Morgan fingerprint density at radius 1 is 1.25 bits per heavy atom. The van der Waals surface area contributed by atoms with Crippen LogP contribution in [0.5, 0.6) is 5.75 Å². The average Bonchev–Trinajstić information content (AvgIpc) is 2.26. The molecule has 1 rings (SSSR count). The minimum Gasteiger partial charge on any atom is -0.491 e. The molecule has 1 aromatic rings. The summed E-state index contributed by atoms with van der Waals surface area (Å²) in [6.07, 6.45) is 0.191. The first-order valence-electron chi connectivity index (χ1n) is 5.69. The average molecular weight is 223 g/mol. The van der Waals surface area contributed by atoms with Gasteiger partial charge in [-0.05, 0) is 38.6 Å². The van der Waals surface area contributed by atoms with Gasteiger partial charge in [0.15, 0.2) is 0 Å². The van der Waals surface area contributed by atoms with Crippen LogP contribution in [0.15, 0.2) is 24.3 Å². The number of hydrogen-bond acceptors (Lipinski definition) is 3. The van der Waals surface area contributed by atoms with E-state index in [0.717, 1.165) is 17.9 Å². The van der Waals surface area contributed by atoms with Crippen LogP contribution >= 0.6 is 0 Å². The second-order valence-corrected chi connectivity index (χ2v) is 4.17. The molecule has 1 unspecified atom stereocenters. The topological polar surface area (TPSA) is 41.5 Å². The highest BCUT2D eigenvalue weighted by Gasteiger charge is 2.09. The molecule has 3 nitrogen and oxygen atoms in total. The van der Waals surface area contributed by atoms with Crippen LogP contribution in [0.1, 0.15) is 25.3 Å². The Bertz CT molecular complexity index is 295. The van der Waals surface area contributed by atoms with E-state index in [-0.39, 0.29) is 18.6 Å². The molecular formula is C13H21NO2. The zero-order chi connectivity index (χ0) is 12.0. The Labute approximate surface area is 97.4 Å². The van der Waals surface area contributed by atoms with Crippen molar-refractivity contribution in [3.8, 4) is 5.75 Å². The molecule has 3 heteroatoms. The smallest absolute Gasteiger partial charge is 0.119 e. The van der Waals surface area contributed by atoms with Crippen molar-refractivity contribution in [1.29, 1.82) is 0 Å². The van der Waals surface area contributed by atoms with Gasteiger partial charge in [0.2, 0.25) is 0 Å². The number of ether oxygens (including phenoxy) is 1. The van der Waals surface area contributed by atoms with Crippen molar-refractivity contribution in [3.63, 3.8) is 0 Å². The van der Waals surface area contributed by atoms with Gasteiger partial charge in [-0.1, -0.05) is 12.1 Å². The first-order valence-corrected chi connectivity index (χ1v) is 5.69. The van der Waals surface area contributed by atoms with E-state index in [2.05, 4.69) is 5.32 Å². The molecule has 0 aliphatic rings. The third-order valence-corrected chi connectivity index (χ3v) is 2.39. The van der Waals surface area contributed by atoms with Gasteiger partial charge < -0.3 is 15.2 Å². The Morgan fingerprint density at radius 3 is 2.31 bits per heavy atom. The number of rotatable bonds is 6. The second kappa shape index (κ2) is 6.51. The Morgan fingerprint density at radius 2 is 1.88 bits per heavy atom. The third-order valence-electron chi connectivity index (χ3n) is 2.39. The predicted octanol–water partition coefficient (Wildman–Crippen LogP) is 1.77.